The number of hydrogen-bond donors (Lipinski definition) is 0. The van der Waals surface area contributed by atoms with Gasteiger partial charge in [0.25, 0.3) is 0 Å². The average molecular weight is 622 g/mol. The number of benzene rings is 2. The summed E-state index contributed by atoms with van der Waals surface area (Å²) in [7, 11) is 2.06. The van der Waals surface area contributed by atoms with Gasteiger partial charge in [0.05, 0.1) is 0 Å². The Hall–Kier alpha value is -3.50. The second kappa shape index (κ2) is 11.6. The summed E-state index contributed by atoms with van der Waals surface area (Å²) in [5.41, 5.74) is 2.01. The van der Waals surface area contributed by atoms with Crippen LogP contribution in [-0.4, -0.2) is 35.6 Å². The van der Waals surface area contributed by atoms with Crippen molar-refractivity contribution >= 4 is 30.0 Å². The molecule has 7 heteroatoms. The van der Waals surface area contributed by atoms with Gasteiger partial charge in [0, 0.05) is 52.7 Å². The molecule has 34 heavy (non-hydrogen) atoms. The van der Waals surface area contributed by atoms with Crippen molar-refractivity contribution in [1.82, 2.24) is 15.0 Å². The van der Waals surface area contributed by atoms with E-state index in [1.807, 2.05) is 91.4 Å². The minimum Gasteiger partial charge on any atom is -0.382 e. The predicted octanol–water partition coefficient (Wildman–Crippen LogP) is 5.04. The van der Waals surface area contributed by atoms with Gasteiger partial charge in [-0.05, 0) is 40.7 Å². The molecule has 4 heterocycles. The van der Waals surface area contributed by atoms with E-state index < -0.39 is 0 Å². The smallest absolute Gasteiger partial charge is 0.382 e. The number of hydrogen-bond acceptors (Lipinski definition) is 5. The van der Waals surface area contributed by atoms with Crippen molar-refractivity contribution in [3.05, 3.63) is 116 Å². The number of fused-ring (bicyclic) bond motifs is 1. The Labute approximate surface area is 215 Å². The molecular weight excluding hydrogens is 600 g/mol. The Morgan fingerprint density at radius 3 is 1.88 bits per heavy atom. The van der Waals surface area contributed by atoms with Crippen molar-refractivity contribution in [1.29, 1.82) is 0 Å². The fraction of sp³-hybridized carbons (Fsp3) is 0.0741. The van der Waals surface area contributed by atoms with Crippen LogP contribution in [0.2, 0.25) is 0 Å². The molecule has 1 radical (unpaired) electrons. The van der Waals surface area contributed by atoms with Gasteiger partial charge in [0.15, 0.2) is 0 Å². The fourth-order valence-corrected chi connectivity index (χ4v) is 3.68. The maximum atomic E-state index is 4.45. The standard InChI is InChI=1S/C15H10N.C12H12BN4.Pt/c1-2-6-12(7-3-1)15-10-13-8-4-5-9-14(13)11-16-15;1-3-7-14-11(5-1)16-9-10-17(13-16)12-6-2-4-8-15-12;/h1-6,8-11H;1-8H,9-10H2;/q-1;;. The zero-order chi connectivity index (χ0) is 22.3. The summed E-state index contributed by atoms with van der Waals surface area (Å²) in [5, 5.41) is 2.38. The van der Waals surface area contributed by atoms with Crippen molar-refractivity contribution in [2.75, 3.05) is 22.7 Å². The van der Waals surface area contributed by atoms with Crippen LogP contribution in [0, 0.1) is 6.07 Å². The molecule has 0 bridgehead atoms. The predicted molar refractivity (Wildman–Crippen MR) is 135 cm³/mol. The Morgan fingerprint density at radius 2 is 1.29 bits per heavy atom. The molecule has 0 atom stereocenters. The van der Waals surface area contributed by atoms with Gasteiger partial charge in [-0.25, -0.2) is 9.97 Å². The molecule has 0 saturated carbocycles. The molecule has 3 aromatic heterocycles. The van der Waals surface area contributed by atoms with Crippen LogP contribution in [0.1, 0.15) is 0 Å². The van der Waals surface area contributed by atoms with Gasteiger partial charge in [0.2, 0.25) is 0 Å². The third-order valence-electron chi connectivity index (χ3n) is 5.36. The van der Waals surface area contributed by atoms with Crippen molar-refractivity contribution in [3.63, 3.8) is 0 Å². The molecule has 0 unspecified atom stereocenters. The van der Waals surface area contributed by atoms with E-state index in [-0.39, 0.29) is 21.1 Å². The topological polar surface area (TPSA) is 45.2 Å². The van der Waals surface area contributed by atoms with E-state index >= 15 is 0 Å². The summed E-state index contributed by atoms with van der Waals surface area (Å²) >= 11 is 0. The van der Waals surface area contributed by atoms with Gasteiger partial charge in [-0.3, -0.25) is 0 Å². The first kappa shape index (κ1) is 23.7. The van der Waals surface area contributed by atoms with Crippen LogP contribution in [0.4, 0.5) is 11.6 Å². The van der Waals surface area contributed by atoms with Crippen LogP contribution in [0.15, 0.2) is 110 Å². The van der Waals surface area contributed by atoms with Gasteiger partial charge in [-0.1, -0.05) is 42.5 Å². The summed E-state index contributed by atoms with van der Waals surface area (Å²) in [5.74, 6) is 1.96. The third kappa shape index (κ3) is 5.70. The van der Waals surface area contributed by atoms with Gasteiger partial charge in [-0.15, -0.1) is 35.9 Å². The Balaban J connectivity index is 0.000000157. The number of nitrogens with zero attached hydrogens (tertiary/aromatic N) is 5. The third-order valence-corrected chi connectivity index (χ3v) is 5.36. The van der Waals surface area contributed by atoms with Gasteiger partial charge >= 0.3 is 7.55 Å². The van der Waals surface area contributed by atoms with Crippen molar-refractivity contribution < 1.29 is 21.1 Å². The first-order chi connectivity index (χ1) is 16.4. The molecular formula is C27H22BN5Pt-. The molecule has 1 saturated heterocycles. The van der Waals surface area contributed by atoms with E-state index in [9.17, 15) is 0 Å². The molecule has 0 aliphatic carbocycles. The molecule has 5 aromatic rings. The van der Waals surface area contributed by atoms with E-state index in [0.717, 1.165) is 36.0 Å². The number of pyridine rings is 3. The Morgan fingerprint density at radius 1 is 0.676 bits per heavy atom. The maximum Gasteiger partial charge on any atom is 0.394 e. The summed E-state index contributed by atoms with van der Waals surface area (Å²) in [6.45, 7) is 1.88. The molecule has 1 fully saturated rings. The van der Waals surface area contributed by atoms with Gasteiger partial charge in [-0.2, -0.15) is 0 Å². The van der Waals surface area contributed by atoms with Crippen LogP contribution < -0.4 is 9.62 Å². The normalized spacial score (nSPS) is 12.4. The largest absolute Gasteiger partial charge is 0.394 e. The number of rotatable bonds is 3. The van der Waals surface area contributed by atoms with Crippen LogP contribution in [0.25, 0.3) is 22.0 Å². The summed E-state index contributed by atoms with van der Waals surface area (Å²) < 4.78 is 0. The molecule has 169 valence electrons. The van der Waals surface area contributed by atoms with E-state index in [1.165, 1.54) is 10.8 Å². The summed E-state index contributed by atoms with van der Waals surface area (Å²) in [6, 6.07) is 33.3. The quantitative estimate of drug-likeness (QED) is 0.209. The Kier molecular flexibility index (Phi) is 8.05. The van der Waals surface area contributed by atoms with E-state index in [1.54, 1.807) is 0 Å². The molecule has 1 aliphatic rings. The molecule has 0 N–H and O–H groups in total. The minimum atomic E-state index is 0. The summed E-state index contributed by atoms with van der Waals surface area (Å²) in [4.78, 5) is 17.4. The maximum absolute atomic E-state index is 4.45. The van der Waals surface area contributed by atoms with Crippen LogP contribution in [-0.2, 0) is 21.1 Å². The van der Waals surface area contributed by atoms with Crippen molar-refractivity contribution in [3.8, 4) is 11.3 Å². The molecule has 5 nitrogen and oxygen atoms in total. The van der Waals surface area contributed by atoms with E-state index in [2.05, 4.69) is 56.4 Å². The first-order valence-electron chi connectivity index (χ1n) is 10.9. The minimum absolute atomic E-state index is 0. The monoisotopic (exact) mass is 622 g/mol. The van der Waals surface area contributed by atoms with E-state index in [4.69, 9.17) is 0 Å². The molecule has 0 spiro atoms. The molecule has 2 aromatic carbocycles. The van der Waals surface area contributed by atoms with Gasteiger partial charge < -0.3 is 14.6 Å². The SMILES string of the molecule is [B]1N(c2ccccn2)CCN1c1ccccn1.[Pt].[c-]1ccccc1-c1cc2ccccc2cn1. The second-order valence-electron chi connectivity index (χ2n) is 7.57. The number of anilines is 2. The van der Waals surface area contributed by atoms with E-state index in [0.29, 0.717) is 0 Å². The fourth-order valence-electron chi connectivity index (χ4n) is 3.68. The first-order valence-corrected chi connectivity index (χ1v) is 10.9. The Bertz CT molecular complexity index is 1260. The molecule has 1 aliphatic heterocycles. The molecule has 6 rings (SSSR count). The number of aromatic nitrogens is 3. The van der Waals surface area contributed by atoms with Crippen LogP contribution in [0.5, 0.6) is 0 Å². The van der Waals surface area contributed by atoms with Crippen LogP contribution in [0.3, 0.4) is 0 Å². The zero-order valence-corrected chi connectivity index (χ0v) is 20.7. The second-order valence-corrected chi connectivity index (χ2v) is 7.57. The van der Waals surface area contributed by atoms with Gasteiger partial charge in [0.1, 0.15) is 11.6 Å². The average Bonchev–Trinajstić information content (AvgIpc) is 3.41. The summed E-state index contributed by atoms with van der Waals surface area (Å²) in [6.07, 6.45) is 5.53. The van der Waals surface area contributed by atoms with Crippen molar-refractivity contribution in [2.24, 2.45) is 0 Å². The van der Waals surface area contributed by atoms with Crippen molar-refractivity contribution in [2.45, 2.75) is 0 Å². The van der Waals surface area contributed by atoms with Crippen LogP contribution >= 0.6 is 0 Å². The molecule has 0 amide bonds. The zero-order valence-electron chi connectivity index (χ0n) is 18.4.